The van der Waals surface area contributed by atoms with Crippen LogP contribution in [0.4, 0.5) is 11.6 Å². The second-order valence-electron chi connectivity index (χ2n) is 4.87. The van der Waals surface area contributed by atoms with Crippen LogP contribution < -0.4 is 10.6 Å². The van der Waals surface area contributed by atoms with Gasteiger partial charge in [-0.2, -0.15) is 0 Å². The molecule has 0 saturated carbocycles. The molecule has 1 aliphatic rings. The maximum Gasteiger partial charge on any atom is 0.244 e. The standard InChI is InChI=1S/C13H21N5O/c1-5-14-11-8(2)12(16-9(3)15-11)17-10-6-7-18(4)13(10)19/h10H,5-7H2,1-4H3,(H2,14,15,16,17). The molecule has 1 aliphatic heterocycles. The van der Waals surface area contributed by atoms with Crippen LogP contribution >= 0.6 is 0 Å². The molecule has 1 atom stereocenters. The van der Waals surface area contributed by atoms with Gasteiger partial charge in [0.2, 0.25) is 5.91 Å². The lowest BCUT2D eigenvalue weighted by Crippen LogP contribution is -2.31. The number of anilines is 2. The van der Waals surface area contributed by atoms with E-state index >= 15 is 0 Å². The fraction of sp³-hybridized carbons (Fsp3) is 0.615. The number of aryl methyl sites for hydroxylation is 1. The van der Waals surface area contributed by atoms with Gasteiger partial charge in [0, 0.05) is 25.7 Å². The third-order valence-electron chi connectivity index (χ3n) is 3.34. The normalized spacial score (nSPS) is 18.8. The van der Waals surface area contributed by atoms with Crippen molar-refractivity contribution in [3.63, 3.8) is 0 Å². The van der Waals surface area contributed by atoms with Gasteiger partial charge in [0.15, 0.2) is 0 Å². The first kappa shape index (κ1) is 13.6. The summed E-state index contributed by atoms with van der Waals surface area (Å²) in [5.74, 6) is 2.40. The van der Waals surface area contributed by atoms with Crippen molar-refractivity contribution in [3.05, 3.63) is 11.4 Å². The number of carbonyl (C=O) groups excluding carboxylic acids is 1. The molecule has 0 spiro atoms. The van der Waals surface area contributed by atoms with Gasteiger partial charge in [-0.15, -0.1) is 0 Å². The third-order valence-corrected chi connectivity index (χ3v) is 3.34. The minimum Gasteiger partial charge on any atom is -0.370 e. The number of likely N-dealkylation sites (N-methyl/N-ethyl adjacent to an activating group) is 1. The average molecular weight is 263 g/mol. The van der Waals surface area contributed by atoms with Gasteiger partial charge in [-0.1, -0.05) is 0 Å². The number of amides is 1. The molecule has 1 saturated heterocycles. The van der Waals surface area contributed by atoms with E-state index in [1.165, 1.54) is 0 Å². The summed E-state index contributed by atoms with van der Waals surface area (Å²) in [6.45, 7) is 7.44. The Labute approximate surface area is 113 Å². The Balaban J connectivity index is 2.22. The van der Waals surface area contributed by atoms with Crippen LogP contribution in [-0.4, -0.2) is 47.0 Å². The molecule has 6 heteroatoms. The predicted molar refractivity (Wildman–Crippen MR) is 75.3 cm³/mol. The van der Waals surface area contributed by atoms with Gasteiger partial charge in [-0.3, -0.25) is 4.79 Å². The molecule has 0 aromatic carbocycles. The molecule has 2 rings (SSSR count). The lowest BCUT2D eigenvalue weighted by molar-refractivity contribution is -0.127. The Hall–Kier alpha value is -1.85. The van der Waals surface area contributed by atoms with Gasteiger partial charge in [0.25, 0.3) is 0 Å². The monoisotopic (exact) mass is 263 g/mol. The molecule has 1 unspecified atom stereocenters. The number of nitrogens with zero attached hydrogens (tertiary/aromatic N) is 3. The van der Waals surface area contributed by atoms with E-state index in [2.05, 4.69) is 20.6 Å². The molecule has 6 nitrogen and oxygen atoms in total. The Morgan fingerprint density at radius 2 is 2.00 bits per heavy atom. The summed E-state index contributed by atoms with van der Waals surface area (Å²) in [6, 6.07) is -0.174. The van der Waals surface area contributed by atoms with E-state index in [4.69, 9.17) is 0 Å². The summed E-state index contributed by atoms with van der Waals surface area (Å²) in [7, 11) is 1.83. The fourth-order valence-electron chi connectivity index (χ4n) is 2.23. The number of hydrogen-bond acceptors (Lipinski definition) is 5. The van der Waals surface area contributed by atoms with Crippen molar-refractivity contribution in [2.24, 2.45) is 0 Å². The van der Waals surface area contributed by atoms with Gasteiger partial charge >= 0.3 is 0 Å². The van der Waals surface area contributed by atoms with Gasteiger partial charge < -0.3 is 15.5 Å². The van der Waals surface area contributed by atoms with Crippen LogP contribution in [-0.2, 0) is 4.79 Å². The first-order valence-electron chi connectivity index (χ1n) is 6.63. The second kappa shape index (κ2) is 5.42. The number of carbonyl (C=O) groups is 1. The first-order chi connectivity index (χ1) is 9.02. The number of aromatic nitrogens is 2. The highest BCUT2D eigenvalue weighted by Gasteiger charge is 2.29. The zero-order chi connectivity index (χ0) is 14.0. The third kappa shape index (κ3) is 2.77. The lowest BCUT2D eigenvalue weighted by Gasteiger charge is -2.17. The second-order valence-corrected chi connectivity index (χ2v) is 4.87. The summed E-state index contributed by atoms with van der Waals surface area (Å²) in [6.07, 6.45) is 0.814. The maximum absolute atomic E-state index is 11.9. The van der Waals surface area contributed by atoms with E-state index in [0.717, 1.165) is 36.7 Å². The van der Waals surface area contributed by atoms with Gasteiger partial charge in [0.05, 0.1) is 0 Å². The summed E-state index contributed by atoms with van der Waals surface area (Å²) in [5, 5.41) is 6.46. The molecule has 2 heterocycles. The average Bonchev–Trinajstić information content (AvgIpc) is 2.67. The molecule has 0 aliphatic carbocycles. The zero-order valence-corrected chi connectivity index (χ0v) is 11.9. The van der Waals surface area contributed by atoms with Crippen LogP contribution in [0.5, 0.6) is 0 Å². The van der Waals surface area contributed by atoms with Crippen molar-refractivity contribution in [3.8, 4) is 0 Å². The van der Waals surface area contributed by atoms with Gasteiger partial charge in [-0.05, 0) is 27.2 Å². The molecule has 1 aromatic heterocycles. The highest BCUT2D eigenvalue weighted by molar-refractivity contribution is 5.86. The van der Waals surface area contributed by atoms with Crippen molar-refractivity contribution in [1.82, 2.24) is 14.9 Å². The lowest BCUT2D eigenvalue weighted by atomic mass is 10.2. The molecule has 2 N–H and O–H groups in total. The molecule has 104 valence electrons. The van der Waals surface area contributed by atoms with E-state index in [1.54, 1.807) is 4.90 Å². The molecule has 19 heavy (non-hydrogen) atoms. The van der Waals surface area contributed by atoms with Crippen LogP contribution in [0.1, 0.15) is 24.7 Å². The molecular weight excluding hydrogens is 242 g/mol. The van der Waals surface area contributed by atoms with E-state index < -0.39 is 0 Å². The van der Waals surface area contributed by atoms with Crippen LogP contribution in [0, 0.1) is 13.8 Å². The van der Waals surface area contributed by atoms with Crippen molar-refractivity contribution in [1.29, 1.82) is 0 Å². The first-order valence-corrected chi connectivity index (χ1v) is 6.63. The minimum atomic E-state index is -0.174. The Morgan fingerprint density at radius 3 is 2.58 bits per heavy atom. The van der Waals surface area contributed by atoms with Crippen molar-refractivity contribution >= 4 is 17.5 Å². The van der Waals surface area contributed by atoms with Crippen molar-refractivity contribution in [2.45, 2.75) is 33.2 Å². The summed E-state index contributed by atoms with van der Waals surface area (Å²) < 4.78 is 0. The van der Waals surface area contributed by atoms with E-state index in [1.807, 2.05) is 27.8 Å². The summed E-state index contributed by atoms with van der Waals surface area (Å²) >= 11 is 0. The van der Waals surface area contributed by atoms with Crippen LogP contribution in [0.3, 0.4) is 0 Å². The quantitative estimate of drug-likeness (QED) is 0.853. The molecule has 1 fully saturated rings. The number of hydrogen-bond donors (Lipinski definition) is 2. The predicted octanol–water partition coefficient (Wildman–Crippen LogP) is 1.17. The topological polar surface area (TPSA) is 70.2 Å². The maximum atomic E-state index is 11.9. The van der Waals surface area contributed by atoms with E-state index in [-0.39, 0.29) is 11.9 Å². The molecular formula is C13H21N5O. The van der Waals surface area contributed by atoms with Crippen LogP contribution in [0.25, 0.3) is 0 Å². The molecule has 1 aromatic rings. The molecule has 0 bridgehead atoms. The SMILES string of the molecule is CCNc1nc(C)nc(NC2CCN(C)C2=O)c1C. The largest absolute Gasteiger partial charge is 0.370 e. The Bertz CT molecular complexity index is 488. The number of rotatable bonds is 4. The highest BCUT2D eigenvalue weighted by atomic mass is 16.2. The smallest absolute Gasteiger partial charge is 0.244 e. The van der Waals surface area contributed by atoms with Crippen LogP contribution in [0.15, 0.2) is 0 Å². The van der Waals surface area contributed by atoms with Gasteiger partial charge in [0.1, 0.15) is 23.5 Å². The Kier molecular flexibility index (Phi) is 3.87. The molecule has 0 radical (unpaired) electrons. The number of likely N-dealkylation sites (tertiary alicyclic amines) is 1. The summed E-state index contributed by atoms with van der Waals surface area (Å²) in [4.78, 5) is 22.4. The van der Waals surface area contributed by atoms with Crippen molar-refractivity contribution < 1.29 is 4.79 Å². The van der Waals surface area contributed by atoms with Gasteiger partial charge in [-0.25, -0.2) is 9.97 Å². The summed E-state index contributed by atoms with van der Waals surface area (Å²) in [5.41, 5.74) is 0.954. The Morgan fingerprint density at radius 1 is 1.32 bits per heavy atom. The van der Waals surface area contributed by atoms with Crippen LogP contribution in [0.2, 0.25) is 0 Å². The highest BCUT2D eigenvalue weighted by Crippen LogP contribution is 2.22. The minimum absolute atomic E-state index is 0.126. The van der Waals surface area contributed by atoms with Crippen molar-refractivity contribution in [2.75, 3.05) is 30.8 Å². The molecule has 1 amide bonds. The van der Waals surface area contributed by atoms with E-state index in [0.29, 0.717) is 5.82 Å². The van der Waals surface area contributed by atoms with E-state index in [9.17, 15) is 4.79 Å². The zero-order valence-electron chi connectivity index (χ0n) is 11.9. The number of nitrogens with one attached hydrogen (secondary N) is 2. The fourth-order valence-corrected chi connectivity index (χ4v) is 2.23.